The van der Waals surface area contributed by atoms with E-state index in [9.17, 15) is 28.1 Å². The third kappa shape index (κ3) is 6.10. The van der Waals surface area contributed by atoms with Crippen LogP contribution in [-0.4, -0.2) is 20.6 Å². The summed E-state index contributed by atoms with van der Waals surface area (Å²) in [6.07, 6.45) is -3.04. The summed E-state index contributed by atoms with van der Waals surface area (Å²) in [6, 6.07) is 11.2. The Morgan fingerprint density at radius 1 is 1.23 bits per heavy atom. The fourth-order valence-electron chi connectivity index (χ4n) is 3.49. The Hall–Kier alpha value is -3.60. The molecule has 3 aromatic rings. The Bertz CT molecular complexity index is 1260. The molecule has 1 N–H and O–H groups in total. The van der Waals surface area contributed by atoms with Crippen LogP contribution >= 0.6 is 11.6 Å². The van der Waals surface area contributed by atoms with E-state index in [4.69, 9.17) is 16.3 Å². The number of carbonyl (C=O) groups is 1. The lowest BCUT2D eigenvalue weighted by Gasteiger charge is -2.15. The number of aromatic nitrogens is 2. The van der Waals surface area contributed by atoms with Gasteiger partial charge in [0, 0.05) is 28.8 Å². The molecule has 0 spiro atoms. The number of halogens is 4. The minimum absolute atomic E-state index is 0.00166. The normalized spacial score (nSPS) is 14.4. The molecule has 1 fully saturated rings. The van der Waals surface area contributed by atoms with E-state index in [-0.39, 0.29) is 29.6 Å². The van der Waals surface area contributed by atoms with Crippen molar-refractivity contribution in [3.05, 3.63) is 75.1 Å². The van der Waals surface area contributed by atoms with E-state index in [1.165, 1.54) is 22.9 Å². The van der Waals surface area contributed by atoms with E-state index in [2.05, 4.69) is 10.4 Å². The zero-order chi connectivity index (χ0) is 25.3. The average Bonchev–Trinajstić information content (AvgIpc) is 3.54. The molecule has 0 saturated heterocycles. The van der Waals surface area contributed by atoms with Crippen molar-refractivity contribution in [2.75, 3.05) is 5.32 Å². The summed E-state index contributed by atoms with van der Waals surface area (Å²) < 4.78 is 46.3. The van der Waals surface area contributed by atoms with Crippen molar-refractivity contribution in [2.45, 2.75) is 38.4 Å². The number of amides is 1. The lowest BCUT2D eigenvalue weighted by Crippen LogP contribution is -2.25. The van der Waals surface area contributed by atoms with Crippen molar-refractivity contribution in [1.82, 2.24) is 9.78 Å². The van der Waals surface area contributed by atoms with Gasteiger partial charge < -0.3 is 10.1 Å². The summed E-state index contributed by atoms with van der Waals surface area (Å²) in [5.41, 5.74) is -0.739. The topological polar surface area (TPSA) is 99.3 Å². The molecule has 0 radical (unpaired) electrons. The van der Waals surface area contributed by atoms with E-state index in [0.29, 0.717) is 16.5 Å². The molecule has 12 heteroatoms. The van der Waals surface area contributed by atoms with Crippen LogP contribution in [0.4, 0.5) is 24.5 Å². The van der Waals surface area contributed by atoms with E-state index >= 15 is 0 Å². The van der Waals surface area contributed by atoms with Gasteiger partial charge in [0.25, 0.3) is 5.69 Å². The van der Waals surface area contributed by atoms with Gasteiger partial charge in [-0.15, -0.1) is 0 Å². The number of ether oxygens (including phenoxy) is 1. The molecule has 35 heavy (non-hydrogen) atoms. The molecule has 0 aliphatic heterocycles. The molecule has 1 atom stereocenters. The third-order valence-electron chi connectivity index (χ3n) is 5.41. The Morgan fingerprint density at radius 2 is 1.91 bits per heavy atom. The van der Waals surface area contributed by atoms with Crippen molar-refractivity contribution >= 4 is 28.9 Å². The van der Waals surface area contributed by atoms with Crippen molar-refractivity contribution in [2.24, 2.45) is 5.92 Å². The first kappa shape index (κ1) is 24.5. The highest BCUT2D eigenvalue weighted by Crippen LogP contribution is 2.42. The largest absolute Gasteiger partial charge is 0.457 e. The summed E-state index contributed by atoms with van der Waals surface area (Å²) in [5.74, 6) is -0.810. The number of non-ortho nitro benzene ring substituents is 1. The van der Waals surface area contributed by atoms with Crippen LogP contribution in [0.25, 0.3) is 0 Å². The highest BCUT2D eigenvalue weighted by atomic mass is 35.5. The minimum atomic E-state index is -4.58. The van der Waals surface area contributed by atoms with Crippen LogP contribution in [0.1, 0.15) is 37.1 Å². The molecular weight excluding hydrogens is 489 g/mol. The molecule has 184 valence electrons. The second-order valence-corrected chi connectivity index (χ2v) is 8.76. The summed E-state index contributed by atoms with van der Waals surface area (Å²) >= 11 is 5.85. The zero-order valence-corrected chi connectivity index (χ0v) is 19.1. The van der Waals surface area contributed by atoms with Gasteiger partial charge in [-0.1, -0.05) is 18.5 Å². The van der Waals surface area contributed by atoms with Crippen molar-refractivity contribution in [1.29, 1.82) is 0 Å². The molecule has 0 bridgehead atoms. The number of nitro benzene ring substituents is 1. The number of benzene rings is 2. The van der Waals surface area contributed by atoms with Gasteiger partial charge in [-0.25, -0.2) is 0 Å². The molecule has 2 aromatic carbocycles. The quantitative estimate of drug-likeness (QED) is 0.280. The van der Waals surface area contributed by atoms with Gasteiger partial charge in [0.2, 0.25) is 5.91 Å². The van der Waals surface area contributed by atoms with Crippen molar-refractivity contribution in [3.63, 3.8) is 0 Å². The van der Waals surface area contributed by atoms with Gasteiger partial charge in [-0.2, -0.15) is 18.3 Å². The molecular formula is C23H20ClF3N4O4. The van der Waals surface area contributed by atoms with Gasteiger partial charge in [0.05, 0.1) is 29.1 Å². The summed E-state index contributed by atoms with van der Waals surface area (Å²) in [6.45, 7) is 1.47. The van der Waals surface area contributed by atoms with Gasteiger partial charge in [-0.05, 0) is 43.2 Å². The third-order valence-corrected chi connectivity index (χ3v) is 5.66. The highest BCUT2D eigenvalue weighted by molar-refractivity contribution is 6.30. The number of anilines is 1. The fourth-order valence-corrected chi connectivity index (χ4v) is 3.62. The first-order chi connectivity index (χ1) is 16.5. The van der Waals surface area contributed by atoms with Crippen molar-refractivity contribution < 1.29 is 27.6 Å². The number of nitrogens with one attached hydrogen (secondary N) is 1. The number of nitrogens with zero attached hydrogens (tertiary/aromatic N) is 3. The van der Waals surface area contributed by atoms with E-state index in [1.807, 2.05) is 0 Å². The second kappa shape index (κ2) is 9.57. The van der Waals surface area contributed by atoms with Gasteiger partial charge in [0.1, 0.15) is 11.5 Å². The number of hydrogen-bond acceptors (Lipinski definition) is 5. The van der Waals surface area contributed by atoms with E-state index < -0.39 is 28.6 Å². The fraction of sp³-hybridized carbons (Fsp3) is 0.304. The van der Waals surface area contributed by atoms with Crippen LogP contribution in [-0.2, 0) is 17.5 Å². The highest BCUT2D eigenvalue weighted by Gasteiger charge is 2.38. The van der Waals surface area contributed by atoms with Crippen LogP contribution in [0.5, 0.6) is 11.5 Å². The standard InChI is InChI=1S/C23H20ClF3N4O4/c1-13(12-30-20(14-2-3-14)11-21(29-30)23(25,26)27)22(32)28-16-8-17(31(33)34)10-19(9-16)35-18-6-4-15(24)5-7-18/h4-11,13-14H,2-3,12H2,1H3,(H,28,32). The Kier molecular flexibility index (Phi) is 6.70. The maximum absolute atomic E-state index is 13.1. The Morgan fingerprint density at radius 3 is 2.51 bits per heavy atom. The molecule has 1 heterocycles. The summed E-state index contributed by atoms with van der Waals surface area (Å²) in [4.78, 5) is 23.5. The molecule has 1 aliphatic carbocycles. The van der Waals surface area contributed by atoms with Crippen LogP contribution in [0.3, 0.4) is 0 Å². The van der Waals surface area contributed by atoms with Gasteiger partial charge in [0.15, 0.2) is 5.69 Å². The molecule has 8 nitrogen and oxygen atoms in total. The minimum Gasteiger partial charge on any atom is -0.457 e. The summed E-state index contributed by atoms with van der Waals surface area (Å²) in [7, 11) is 0. The smallest absolute Gasteiger partial charge is 0.435 e. The summed E-state index contributed by atoms with van der Waals surface area (Å²) in [5, 5.41) is 18.1. The maximum Gasteiger partial charge on any atom is 0.435 e. The lowest BCUT2D eigenvalue weighted by atomic mass is 10.1. The molecule has 1 saturated carbocycles. The van der Waals surface area contributed by atoms with E-state index in [1.54, 1.807) is 31.2 Å². The first-order valence-corrected chi connectivity index (χ1v) is 11.1. The number of carbonyl (C=O) groups excluding carboxylic acids is 1. The number of nitro groups is 1. The van der Waals surface area contributed by atoms with E-state index in [0.717, 1.165) is 18.9 Å². The lowest BCUT2D eigenvalue weighted by molar-refractivity contribution is -0.384. The number of alkyl halides is 3. The second-order valence-electron chi connectivity index (χ2n) is 8.33. The monoisotopic (exact) mass is 508 g/mol. The molecule has 1 unspecified atom stereocenters. The predicted octanol–water partition coefficient (Wildman–Crippen LogP) is 6.41. The first-order valence-electron chi connectivity index (χ1n) is 10.7. The Balaban J connectivity index is 1.51. The van der Waals surface area contributed by atoms with Gasteiger partial charge >= 0.3 is 6.18 Å². The SMILES string of the molecule is CC(Cn1nc(C(F)(F)F)cc1C1CC1)C(=O)Nc1cc(Oc2ccc(Cl)cc2)cc([N+](=O)[O-])c1. The number of rotatable bonds is 8. The predicted molar refractivity (Wildman–Crippen MR) is 122 cm³/mol. The van der Waals surface area contributed by atoms with Crippen molar-refractivity contribution in [3.8, 4) is 11.5 Å². The van der Waals surface area contributed by atoms with Crippen LogP contribution in [0.2, 0.25) is 5.02 Å². The zero-order valence-electron chi connectivity index (χ0n) is 18.4. The van der Waals surface area contributed by atoms with Crippen LogP contribution in [0.15, 0.2) is 48.5 Å². The average molecular weight is 509 g/mol. The van der Waals surface area contributed by atoms with Gasteiger partial charge in [-0.3, -0.25) is 19.6 Å². The molecule has 4 rings (SSSR count). The molecule has 1 aliphatic rings. The molecule has 1 amide bonds. The Labute approximate surface area is 202 Å². The maximum atomic E-state index is 13.1. The molecule has 1 aromatic heterocycles. The van der Waals surface area contributed by atoms with Crippen LogP contribution in [0, 0.1) is 16.0 Å². The van der Waals surface area contributed by atoms with Crippen LogP contribution < -0.4 is 10.1 Å². The number of hydrogen-bond donors (Lipinski definition) is 1.